The lowest BCUT2D eigenvalue weighted by atomic mass is 9.96. The van der Waals surface area contributed by atoms with E-state index in [1.54, 1.807) is 6.20 Å². The number of thiazole rings is 1. The molecule has 5 heteroatoms. The number of hydrogen-bond acceptors (Lipinski definition) is 3. The highest BCUT2D eigenvalue weighted by atomic mass is 32.1. The second kappa shape index (κ2) is 7.14. The molecule has 2 heterocycles. The van der Waals surface area contributed by atoms with Gasteiger partial charge in [-0.25, -0.2) is 4.98 Å². The third kappa shape index (κ3) is 3.39. The second-order valence-electron chi connectivity index (χ2n) is 6.24. The zero-order valence-corrected chi connectivity index (χ0v) is 15.2. The number of aryl methyl sites for hydroxylation is 1. The summed E-state index contributed by atoms with van der Waals surface area (Å²) in [7, 11) is 0. The van der Waals surface area contributed by atoms with Gasteiger partial charge in [-0.2, -0.15) is 0 Å². The van der Waals surface area contributed by atoms with Crippen molar-refractivity contribution in [3.05, 3.63) is 83.6 Å². The van der Waals surface area contributed by atoms with Gasteiger partial charge in [0.1, 0.15) is 0 Å². The van der Waals surface area contributed by atoms with E-state index in [1.165, 1.54) is 22.1 Å². The molecule has 0 radical (unpaired) electrons. The summed E-state index contributed by atoms with van der Waals surface area (Å²) in [5, 5.41) is 5.93. The van der Waals surface area contributed by atoms with Gasteiger partial charge in [-0.05, 0) is 35.4 Å². The lowest BCUT2D eigenvalue weighted by molar-refractivity contribution is -0.116. The van der Waals surface area contributed by atoms with Gasteiger partial charge in [0.05, 0.1) is 12.5 Å². The van der Waals surface area contributed by atoms with Crippen LogP contribution in [0.3, 0.4) is 0 Å². The van der Waals surface area contributed by atoms with Crippen LogP contribution in [0.4, 0.5) is 5.13 Å². The van der Waals surface area contributed by atoms with Crippen molar-refractivity contribution < 1.29 is 4.79 Å². The summed E-state index contributed by atoms with van der Waals surface area (Å²) in [5.41, 5.74) is 1.14. The Bertz CT molecular complexity index is 1030. The molecule has 2 aromatic heterocycles. The molecule has 0 aliphatic heterocycles. The van der Waals surface area contributed by atoms with E-state index in [9.17, 15) is 4.79 Å². The van der Waals surface area contributed by atoms with Crippen molar-refractivity contribution in [3.8, 4) is 0 Å². The predicted molar refractivity (Wildman–Crippen MR) is 107 cm³/mol. The molecule has 4 nitrogen and oxygen atoms in total. The lowest BCUT2D eigenvalue weighted by Crippen LogP contribution is -2.19. The third-order valence-corrected chi connectivity index (χ3v) is 5.24. The first-order chi connectivity index (χ1) is 12.7. The van der Waals surface area contributed by atoms with Crippen LogP contribution >= 0.6 is 11.3 Å². The van der Waals surface area contributed by atoms with Gasteiger partial charge in [-0.3, -0.25) is 4.79 Å². The minimum atomic E-state index is -0.0721. The summed E-state index contributed by atoms with van der Waals surface area (Å²) in [6.45, 7) is 1.98. The zero-order chi connectivity index (χ0) is 17.9. The van der Waals surface area contributed by atoms with Crippen LogP contribution in [0.5, 0.6) is 0 Å². The maximum absolute atomic E-state index is 12.7. The van der Waals surface area contributed by atoms with E-state index in [0.717, 1.165) is 10.4 Å². The van der Waals surface area contributed by atoms with Crippen molar-refractivity contribution in [3.63, 3.8) is 0 Å². The number of nitrogens with one attached hydrogen (secondary N) is 1. The first kappa shape index (κ1) is 16.5. The van der Waals surface area contributed by atoms with Crippen LogP contribution < -0.4 is 5.32 Å². The summed E-state index contributed by atoms with van der Waals surface area (Å²) in [5.74, 6) is -0.0361. The fourth-order valence-electron chi connectivity index (χ4n) is 3.23. The molecule has 0 saturated heterocycles. The van der Waals surface area contributed by atoms with Crippen LogP contribution in [0, 0.1) is 6.92 Å². The maximum Gasteiger partial charge on any atom is 0.228 e. The topological polar surface area (TPSA) is 46.9 Å². The van der Waals surface area contributed by atoms with E-state index in [1.807, 2.05) is 43.6 Å². The Morgan fingerprint density at radius 3 is 2.65 bits per heavy atom. The average Bonchev–Trinajstić information content (AvgIpc) is 3.31. The Morgan fingerprint density at radius 1 is 1.12 bits per heavy atom. The average molecular weight is 361 g/mol. The highest BCUT2D eigenvalue weighted by molar-refractivity contribution is 7.15. The van der Waals surface area contributed by atoms with Crippen LogP contribution in [0.15, 0.2) is 73.2 Å². The third-order valence-electron chi connectivity index (χ3n) is 4.42. The van der Waals surface area contributed by atoms with Gasteiger partial charge in [0.25, 0.3) is 0 Å². The van der Waals surface area contributed by atoms with E-state index in [4.69, 9.17) is 0 Å². The Labute approximate surface area is 156 Å². The van der Waals surface area contributed by atoms with Crippen LogP contribution in [0.25, 0.3) is 10.8 Å². The van der Waals surface area contributed by atoms with Gasteiger partial charge in [0.15, 0.2) is 5.13 Å². The number of hydrogen-bond donors (Lipinski definition) is 1. The quantitative estimate of drug-likeness (QED) is 0.542. The molecule has 4 rings (SSSR count). The molecule has 0 aliphatic rings. The van der Waals surface area contributed by atoms with E-state index >= 15 is 0 Å². The minimum Gasteiger partial charge on any atom is -0.346 e. The molecule has 0 aliphatic carbocycles. The number of amides is 1. The van der Waals surface area contributed by atoms with E-state index in [2.05, 4.69) is 45.2 Å². The van der Waals surface area contributed by atoms with Crippen LogP contribution in [0.2, 0.25) is 0 Å². The minimum absolute atomic E-state index is 0.0361. The lowest BCUT2D eigenvalue weighted by Gasteiger charge is -2.21. The molecule has 1 N–H and O–H groups in total. The number of aromatic nitrogens is 2. The van der Waals surface area contributed by atoms with Crippen molar-refractivity contribution >= 4 is 33.1 Å². The molecule has 0 saturated carbocycles. The summed E-state index contributed by atoms with van der Waals surface area (Å²) in [4.78, 5) is 18.0. The van der Waals surface area contributed by atoms with Gasteiger partial charge in [0, 0.05) is 23.5 Å². The maximum atomic E-state index is 12.7. The van der Waals surface area contributed by atoms with E-state index < -0.39 is 0 Å². The van der Waals surface area contributed by atoms with Gasteiger partial charge in [-0.1, -0.05) is 42.5 Å². The number of carbonyl (C=O) groups is 1. The number of anilines is 1. The SMILES string of the molecule is Cc1cnc(NC(=O)C[C@@H](c2cccc3ccccc23)n2cccc2)s1. The number of nitrogens with zero attached hydrogens (tertiary/aromatic N) is 2. The first-order valence-electron chi connectivity index (χ1n) is 8.53. The predicted octanol–water partition coefficient (Wildman–Crippen LogP) is 5.02. The molecule has 0 bridgehead atoms. The van der Waals surface area contributed by atoms with Gasteiger partial charge >= 0.3 is 0 Å². The standard InChI is InChI=1S/C21H19N3OS/c1-15-14-22-21(26-15)23-20(25)13-19(24-11-4-5-12-24)18-10-6-8-16-7-2-3-9-17(16)18/h2-12,14,19H,13H2,1H3,(H,22,23,25)/t19-/m0/s1. The van der Waals surface area contributed by atoms with Crippen LogP contribution in [-0.4, -0.2) is 15.5 Å². The summed E-state index contributed by atoms with van der Waals surface area (Å²) < 4.78 is 2.09. The van der Waals surface area contributed by atoms with Crippen molar-refractivity contribution in [1.82, 2.24) is 9.55 Å². The molecule has 0 unspecified atom stereocenters. The molecule has 0 fully saturated rings. The van der Waals surface area contributed by atoms with Gasteiger partial charge < -0.3 is 9.88 Å². The van der Waals surface area contributed by atoms with Crippen molar-refractivity contribution in [2.75, 3.05) is 5.32 Å². The second-order valence-corrected chi connectivity index (χ2v) is 7.48. The molecule has 0 spiro atoms. The molecular weight excluding hydrogens is 342 g/mol. The Hall–Kier alpha value is -2.92. The number of fused-ring (bicyclic) bond motifs is 1. The summed E-state index contributed by atoms with van der Waals surface area (Å²) in [6.07, 6.45) is 6.14. The molecular formula is C21H19N3OS. The molecule has 1 amide bonds. The summed E-state index contributed by atoms with van der Waals surface area (Å²) >= 11 is 1.49. The van der Waals surface area contributed by atoms with Crippen LogP contribution in [-0.2, 0) is 4.79 Å². The normalized spacial score (nSPS) is 12.2. The molecule has 2 aromatic carbocycles. The fourth-order valence-corrected chi connectivity index (χ4v) is 3.91. The summed E-state index contributed by atoms with van der Waals surface area (Å²) in [6, 6.07) is 18.4. The van der Waals surface area contributed by atoms with Crippen LogP contribution in [0.1, 0.15) is 22.9 Å². The van der Waals surface area contributed by atoms with Gasteiger partial charge in [-0.15, -0.1) is 11.3 Å². The fraction of sp³-hybridized carbons (Fsp3) is 0.143. The van der Waals surface area contributed by atoms with Crippen molar-refractivity contribution in [2.24, 2.45) is 0 Å². The monoisotopic (exact) mass is 361 g/mol. The van der Waals surface area contributed by atoms with Gasteiger partial charge in [0.2, 0.25) is 5.91 Å². The van der Waals surface area contributed by atoms with E-state index in [-0.39, 0.29) is 11.9 Å². The van der Waals surface area contributed by atoms with Crippen molar-refractivity contribution in [1.29, 1.82) is 0 Å². The Balaban J connectivity index is 1.68. The first-order valence-corrected chi connectivity index (χ1v) is 9.35. The number of benzene rings is 2. The Kier molecular flexibility index (Phi) is 4.54. The molecule has 130 valence electrons. The smallest absolute Gasteiger partial charge is 0.228 e. The number of rotatable bonds is 5. The highest BCUT2D eigenvalue weighted by Crippen LogP contribution is 2.30. The Morgan fingerprint density at radius 2 is 1.88 bits per heavy atom. The largest absolute Gasteiger partial charge is 0.346 e. The molecule has 4 aromatic rings. The molecule has 26 heavy (non-hydrogen) atoms. The van der Waals surface area contributed by atoms with E-state index in [0.29, 0.717) is 11.6 Å². The zero-order valence-electron chi connectivity index (χ0n) is 14.4. The van der Waals surface area contributed by atoms with Crippen molar-refractivity contribution in [2.45, 2.75) is 19.4 Å². The molecule has 1 atom stereocenters. The highest BCUT2D eigenvalue weighted by Gasteiger charge is 2.20. The number of carbonyl (C=O) groups excluding carboxylic acids is 1.